The lowest BCUT2D eigenvalue weighted by Gasteiger charge is -2.17. The predicted molar refractivity (Wildman–Crippen MR) is 61.2 cm³/mol. The summed E-state index contributed by atoms with van der Waals surface area (Å²) in [6, 6.07) is 0. The third kappa shape index (κ3) is 8.59. The van der Waals surface area contributed by atoms with Gasteiger partial charge < -0.3 is 9.64 Å². The van der Waals surface area contributed by atoms with Crippen LogP contribution in [0.4, 0.5) is 13.2 Å². The highest BCUT2D eigenvalue weighted by atomic mass is 19.4. The number of nitrogens with zero attached hydrogens (tertiary/aromatic N) is 2. The van der Waals surface area contributed by atoms with Crippen LogP contribution in [-0.2, 0) is 4.74 Å². The van der Waals surface area contributed by atoms with Crippen molar-refractivity contribution >= 4 is 6.21 Å². The Kier molecular flexibility index (Phi) is 6.68. The summed E-state index contributed by atoms with van der Waals surface area (Å²) < 4.78 is 42.6. The molecule has 0 radical (unpaired) electrons. The zero-order valence-electron chi connectivity index (χ0n) is 10.7. The van der Waals surface area contributed by atoms with Gasteiger partial charge in [-0.3, -0.25) is 0 Å². The minimum absolute atomic E-state index is 0.205. The van der Waals surface area contributed by atoms with Gasteiger partial charge in [0, 0.05) is 19.3 Å². The first-order chi connectivity index (χ1) is 7.78. The fourth-order valence-electron chi connectivity index (χ4n) is 1.11. The Balaban J connectivity index is 4.70. The molecule has 0 aromatic rings. The maximum absolute atomic E-state index is 12.1. The Morgan fingerprint density at radius 1 is 1.24 bits per heavy atom. The summed E-state index contributed by atoms with van der Waals surface area (Å²) in [7, 11) is 3.46. The average Bonchev–Trinajstić information content (AvgIpc) is 2.20. The second-order valence-corrected chi connectivity index (χ2v) is 3.75. The number of ether oxygens (including phenoxy) is 1. The van der Waals surface area contributed by atoms with Crippen LogP contribution in [-0.4, -0.2) is 55.7 Å². The number of hydrogen-bond acceptors (Lipinski definition) is 2. The summed E-state index contributed by atoms with van der Waals surface area (Å²) in [5.74, 6) is 0.205. The molecule has 0 aliphatic heterocycles. The first-order valence-electron chi connectivity index (χ1n) is 5.45. The minimum Gasteiger partial charge on any atom is -0.477 e. The van der Waals surface area contributed by atoms with Crippen molar-refractivity contribution in [3.05, 3.63) is 12.0 Å². The molecule has 0 heterocycles. The van der Waals surface area contributed by atoms with Crippen molar-refractivity contribution in [3.8, 4) is 0 Å². The second-order valence-electron chi connectivity index (χ2n) is 3.75. The van der Waals surface area contributed by atoms with Crippen molar-refractivity contribution in [1.82, 2.24) is 4.90 Å². The molecule has 0 unspecified atom stereocenters. The zero-order chi connectivity index (χ0) is 13.5. The molecule has 0 rings (SSSR count). The van der Waals surface area contributed by atoms with Crippen LogP contribution in [0.2, 0.25) is 0 Å². The van der Waals surface area contributed by atoms with Crippen LogP contribution in [0.1, 0.15) is 13.8 Å². The van der Waals surface area contributed by atoms with E-state index in [0.717, 1.165) is 13.1 Å². The van der Waals surface area contributed by atoms with Crippen LogP contribution in [0.15, 0.2) is 12.0 Å². The number of rotatable bonds is 6. The van der Waals surface area contributed by atoms with Crippen molar-refractivity contribution in [2.24, 2.45) is 0 Å². The molecule has 0 bridgehead atoms. The van der Waals surface area contributed by atoms with E-state index in [2.05, 4.69) is 0 Å². The molecule has 0 saturated carbocycles. The van der Waals surface area contributed by atoms with E-state index >= 15 is 0 Å². The maximum Gasteiger partial charge on any atom is 0.422 e. The van der Waals surface area contributed by atoms with E-state index in [0.29, 0.717) is 0 Å². The fraction of sp³-hybridized carbons (Fsp3) is 0.727. The van der Waals surface area contributed by atoms with E-state index in [1.807, 2.05) is 18.7 Å². The van der Waals surface area contributed by atoms with Crippen LogP contribution in [0.5, 0.6) is 0 Å². The SMILES string of the molecule is CCN(/C=C(\C=[N+](C)C)OCC(F)(F)F)CC. The summed E-state index contributed by atoms with van der Waals surface area (Å²) in [5, 5.41) is 0. The van der Waals surface area contributed by atoms with Gasteiger partial charge in [-0.05, 0) is 13.8 Å². The van der Waals surface area contributed by atoms with Crippen molar-refractivity contribution < 1.29 is 22.5 Å². The van der Waals surface area contributed by atoms with E-state index in [1.54, 1.807) is 24.9 Å². The number of halogens is 3. The number of allylic oxidation sites excluding steroid dienone is 1. The average molecular weight is 253 g/mol. The van der Waals surface area contributed by atoms with Crippen LogP contribution in [0, 0.1) is 0 Å². The molecule has 0 aliphatic rings. The third-order valence-electron chi connectivity index (χ3n) is 1.91. The van der Waals surface area contributed by atoms with Crippen LogP contribution in [0.3, 0.4) is 0 Å². The molecule has 17 heavy (non-hydrogen) atoms. The molecule has 3 nitrogen and oxygen atoms in total. The quantitative estimate of drug-likeness (QED) is 0.409. The molecule has 6 heteroatoms. The van der Waals surface area contributed by atoms with Gasteiger partial charge in [-0.1, -0.05) is 0 Å². The van der Waals surface area contributed by atoms with Gasteiger partial charge in [0.25, 0.3) is 0 Å². The highest BCUT2D eigenvalue weighted by Gasteiger charge is 2.29. The Labute approximate surface area is 100 Å². The first kappa shape index (κ1) is 15.8. The lowest BCUT2D eigenvalue weighted by atomic mass is 10.4. The van der Waals surface area contributed by atoms with E-state index in [4.69, 9.17) is 4.74 Å². The molecule has 0 atom stereocenters. The van der Waals surface area contributed by atoms with E-state index < -0.39 is 12.8 Å². The normalized spacial score (nSPS) is 12.3. The molecule has 0 fully saturated rings. The lowest BCUT2D eigenvalue weighted by Crippen LogP contribution is -2.21. The van der Waals surface area contributed by atoms with Crippen LogP contribution < -0.4 is 0 Å². The Hall–Kier alpha value is -1.20. The Bertz CT molecular complexity index is 277. The molecular formula is C11H20F3N2O+. The Morgan fingerprint density at radius 3 is 2.12 bits per heavy atom. The predicted octanol–water partition coefficient (Wildman–Crippen LogP) is 2.09. The van der Waals surface area contributed by atoms with Crippen LogP contribution in [0.25, 0.3) is 0 Å². The molecular weight excluding hydrogens is 233 g/mol. The van der Waals surface area contributed by atoms with Crippen molar-refractivity contribution in [2.45, 2.75) is 20.0 Å². The first-order valence-corrected chi connectivity index (χ1v) is 5.45. The topological polar surface area (TPSA) is 15.5 Å². The van der Waals surface area contributed by atoms with Crippen LogP contribution >= 0.6 is 0 Å². The molecule has 0 aromatic heterocycles. The van der Waals surface area contributed by atoms with Gasteiger partial charge in [0.15, 0.2) is 12.4 Å². The van der Waals surface area contributed by atoms with Gasteiger partial charge in [0.2, 0.25) is 6.21 Å². The smallest absolute Gasteiger partial charge is 0.422 e. The molecule has 100 valence electrons. The Morgan fingerprint density at radius 2 is 1.76 bits per heavy atom. The molecule has 0 aliphatic carbocycles. The van der Waals surface area contributed by atoms with Gasteiger partial charge in [-0.15, -0.1) is 0 Å². The van der Waals surface area contributed by atoms with E-state index in [1.165, 1.54) is 6.21 Å². The maximum atomic E-state index is 12.1. The highest BCUT2D eigenvalue weighted by molar-refractivity contribution is 5.71. The monoisotopic (exact) mass is 253 g/mol. The molecule has 0 N–H and O–H groups in total. The lowest BCUT2D eigenvalue weighted by molar-refractivity contribution is -0.459. The standard InChI is InChI=1S/C11H20F3N2O/c1-5-16(6-2)8-10(7-15(3)4)17-9-11(12,13)14/h7-8H,5-6,9H2,1-4H3/q+1. The molecule has 0 amide bonds. The van der Waals surface area contributed by atoms with Gasteiger partial charge in [0.05, 0.1) is 0 Å². The number of alkyl halides is 3. The summed E-state index contributed by atoms with van der Waals surface area (Å²) >= 11 is 0. The van der Waals surface area contributed by atoms with Crippen molar-refractivity contribution in [1.29, 1.82) is 0 Å². The molecule has 0 spiro atoms. The summed E-state index contributed by atoms with van der Waals surface area (Å²) in [4.78, 5) is 1.87. The van der Waals surface area contributed by atoms with Gasteiger partial charge >= 0.3 is 6.18 Å². The van der Waals surface area contributed by atoms with Crippen molar-refractivity contribution in [3.63, 3.8) is 0 Å². The van der Waals surface area contributed by atoms with E-state index in [9.17, 15) is 13.2 Å². The fourth-order valence-corrected chi connectivity index (χ4v) is 1.11. The van der Waals surface area contributed by atoms with Gasteiger partial charge in [-0.2, -0.15) is 13.2 Å². The second kappa shape index (κ2) is 7.19. The number of hydrogen-bond donors (Lipinski definition) is 0. The summed E-state index contributed by atoms with van der Waals surface area (Å²) in [5.41, 5.74) is 0. The van der Waals surface area contributed by atoms with Gasteiger partial charge in [0.1, 0.15) is 14.1 Å². The van der Waals surface area contributed by atoms with Gasteiger partial charge in [-0.25, -0.2) is 4.58 Å². The largest absolute Gasteiger partial charge is 0.477 e. The third-order valence-corrected chi connectivity index (χ3v) is 1.91. The highest BCUT2D eigenvalue weighted by Crippen LogP contribution is 2.16. The zero-order valence-corrected chi connectivity index (χ0v) is 10.7. The minimum atomic E-state index is -4.32. The molecule has 0 saturated heterocycles. The van der Waals surface area contributed by atoms with Crippen molar-refractivity contribution in [2.75, 3.05) is 33.8 Å². The summed E-state index contributed by atoms with van der Waals surface area (Å²) in [6.07, 6.45) is -1.21. The van der Waals surface area contributed by atoms with E-state index in [-0.39, 0.29) is 5.76 Å². The molecule has 0 aromatic carbocycles. The summed E-state index contributed by atoms with van der Waals surface area (Å²) in [6.45, 7) is 4.02.